The van der Waals surface area contributed by atoms with Crippen molar-refractivity contribution < 1.29 is 13.2 Å². The van der Waals surface area contributed by atoms with Crippen LogP contribution in [0, 0.1) is 11.3 Å². The van der Waals surface area contributed by atoms with Gasteiger partial charge in [0, 0.05) is 0 Å². The summed E-state index contributed by atoms with van der Waals surface area (Å²) in [7, 11) is 0. The molecule has 1 aromatic heterocycles. The fourth-order valence-electron chi connectivity index (χ4n) is 1.19. The fraction of sp³-hybridized carbons (Fsp3) is 0.111. The number of fused-ring (bicyclic) bond motifs is 1. The van der Waals surface area contributed by atoms with Crippen molar-refractivity contribution in [2.45, 2.75) is 6.43 Å². The smallest absolute Gasteiger partial charge is 0.301 e. The number of benzene rings is 1. The lowest BCUT2D eigenvalue weighted by atomic mass is 10.2. The fourth-order valence-corrected chi connectivity index (χ4v) is 1.19. The Morgan fingerprint density at radius 3 is 2.86 bits per heavy atom. The predicted octanol–water partition coefficient (Wildman–Crippen LogP) is 2.64. The molecule has 2 aromatic rings. The van der Waals surface area contributed by atoms with Crippen LogP contribution in [0.15, 0.2) is 22.6 Å². The number of rotatable bonds is 1. The SMILES string of the molecule is N#Cc1nc2cccc(C(F)F)c2o1. The zero-order valence-electron chi connectivity index (χ0n) is 6.87. The predicted molar refractivity (Wildman–Crippen MR) is 43.7 cm³/mol. The molecule has 0 N–H and O–H groups in total. The molecule has 0 atom stereocenters. The van der Waals surface area contributed by atoms with Gasteiger partial charge in [0.1, 0.15) is 5.52 Å². The van der Waals surface area contributed by atoms with Crippen LogP contribution in [0.5, 0.6) is 0 Å². The molecule has 14 heavy (non-hydrogen) atoms. The van der Waals surface area contributed by atoms with Gasteiger partial charge in [-0.25, -0.2) is 8.78 Å². The highest BCUT2D eigenvalue weighted by Crippen LogP contribution is 2.27. The van der Waals surface area contributed by atoms with E-state index >= 15 is 0 Å². The zero-order valence-corrected chi connectivity index (χ0v) is 6.87. The Hall–Kier alpha value is -1.96. The quantitative estimate of drug-likeness (QED) is 0.701. The molecule has 0 bridgehead atoms. The normalized spacial score (nSPS) is 10.7. The molecular formula is C9H4F2N2O. The maximum absolute atomic E-state index is 12.4. The van der Waals surface area contributed by atoms with Crippen molar-refractivity contribution in [3.05, 3.63) is 29.7 Å². The molecule has 2 rings (SSSR count). The number of hydrogen-bond donors (Lipinski definition) is 0. The molecule has 1 aromatic carbocycles. The highest BCUT2D eigenvalue weighted by Gasteiger charge is 2.15. The highest BCUT2D eigenvalue weighted by molar-refractivity contribution is 5.77. The first-order valence-corrected chi connectivity index (χ1v) is 3.80. The summed E-state index contributed by atoms with van der Waals surface area (Å²) in [6.07, 6.45) is -2.63. The molecule has 0 spiro atoms. The van der Waals surface area contributed by atoms with E-state index in [-0.39, 0.29) is 22.6 Å². The van der Waals surface area contributed by atoms with Crippen LogP contribution in [-0.4, -0.2) is 4.98 Å². The van der Waals surface area contributed by atoms with Gasteiger partial charge in [-0.1, -0.05) is 6.07 Å². The van der Waals surface area contributed by atoms with Crippen molar-refractivity contribution in [2.24, 2.45) is 0 Å². The molecular weight excluding hydrogens is 190 g/mol. The summed E-state index contributed by atoms with van der Waals surface area (Å²) in [5, 5.41) is 8.47. The Morgan fingerprint density at radius 2 is 2.21 bits per heavy atom. The van der Waals surface area contributed by atoms with E-state index in [0.717, 1.165) is 0 Å². The molecule has 70 valence electrons. The van der Waals surface area contributed by atoms with Crippen LogP contribution in [0.25, 0.3) is 11.1 Å². The zero-order chi connectivity index (χ0) is 10.1. The molecule has 0 fully saturated rings. The van der Waals surface area contributed by atoms with E-state index in [1.165, 1.54) is 18.2 Å². The summed E-state index contributed by atoms with van der Waals surface area (Å²) >= 11 is 0. The van der Waals surface area contributed by atoms with Gasteiger partial charge in [-0.3, -0.25) is 0 Å². The van der Waals surface area contributed by atoms with Crippen LogP contribution in [0.2, 0.25) is 0 Å². The van der Waals surface area contributed by atoms with Crippen molar-refractivity contribution in [3.8, 4) is 6.07 Å². The third-order valence-corrected chi connectivity index (χ3v) is 1.78. The molecule has 0 saturated heterocycles. The highest BCUT2D eigenvalue weighted by atomic mass is 19.3. The first kappa shape index (κ1) is 8.63. The van der Waals surface area contributed by atoms with E-state index in [4.69, 9.17) is 9.68 Å². The second-order valence-corrected chi connectivity index (χ2v) is 2.63. The summed E-state index contributed by atoms with van der Waals surface area (Å²) in [4.78, 5) is 3.71. The number of hydrogen-bond acceptors (Lipinski definition) is 3. The molecule has 0 saturated carbocycles. The van der Waals surface area contributed by atoms with E-state index in [9.17, 15) is 8.78 Å². The van der Waals surface area contributed by atoms with Crippen LogP contribution in [0.1, 0.15) is 17.9 Å². The number of nitriles is 1. The monoisotopic (exact) mass is 194 g/mol. The minimum atomic E-state index is -2.63. The van der Waals surface area contributed by atoms with E-state index in [1.54, 1.807) is 6.07 Å². The van der Waals surface area contributed by atoms with Crippen molar-refractivity contribution in [1.82, 2.24) is 4.98 Å². The van der Waals surface area contributed by atoms with Gasteiger partial charge >= 0.3 is 5.89 Å². The summed E-state index contributed by atoms with van der Waals surface area (Å²) in [5.74, 6) is -0.201. The standard InChI is InChI=1S/C9H4F2N2O/c10-9(11)5-2-1-3-6-8(5)14-7(4-12)13-6/h1-3,9H. The number of aromatic nitrogens is 1. The summed E-state index contributed by atoms with van der Waals surface area (Å²) in [5.41, 5.74) is 0.0231. The average molecular weight is 194 g/mol. The Bertz CT molecular complexity index is 513. The molecule has 5 heteroatoms. The summed E-state index contributed by atoms with van der Waals surface area (Å²) < 4.78 is 29.7. The van der Waals surface area contributed by atoms with Crippen molar-refractivity contribution in [3.63, 3.8) is 0 Å². The Morgan fingerprint density at radius 1 is 1.43 bits per heavy atom. The van der Waals surface area contributed by atoms with Gasteiger partial charge in [0.05, 0.1) is 5.56 Å². The van der Waals surface area contributed by atoms with Crippen LogP contribution in [-0.2, 0) is 0 Å². The third-order valence-electron chi connectivity index (χ3n) is 1.78. The number of nitrogens with zero attached hydrogens (tertiary/aromatic N) is 2. The van der Waals surface area contributed by atoms with Gasteiger partial charge in [-0.05, 0) is 12.1 Å². The van der Waals surface area contributed by atoms with Crippen molar-refractivity contribution in [1.29, 1.82) is 5.26 Å². The van der Waals surface area contributed by atoms with Crippen molar-refractivity contribution in [2.75, 3.05) is 0 Å². The number of oxazole rings is 1. The van der Waals surface area contributed by atoms with Crippen LogP contribution in [0.3, 0.4) is 0 Å². The average Bonchev–Trinajstić information content (AvgIpc) is 2.59. The minimum absolute atomic E-state index is 0.0148. The Labute approximate surface area is 77.6 Å². The largest absolute Gasteiger partial charge is 0.428 e. The van der Waals surface area contributed by atoms with Crippen LogP contribution < -0.4 is 0 Å². The lowest BCUT2D eigenvalue weighted by Crippen LogP contribution is -1.83. The van der Waals surface area contributed by atoms with Crippen molar-refractivity contribution >= 4 is 11.1 Å². The number of alkyl halides is 2. The van der Waals surface area contributed by atoms with E-state index < -0.39 is 6.43 Å². The molecule has 0 radical (unpaired) electrons. The van der Waals surface area contributed by atoms with Crippen LogP contribution in [0.4, 0.5) is 8.78 Å². The Balaban J connectivity index is 2.74. The summed E-state index contributed by atoms with van der Waals surface area (Å²) in [6, 6.07) is 5.88. The maximum Gasteiger partial charge on any atom is 0.301 e. The second kappa shape index (κ2) is 3.07. The van der Waals surface area contributed by atoms with Crippen LogP contribution >= 0.6 is 0 Å². The summed E-state index contributed by atoms with van der Waals surface area (Å²) in [6.45, 7) is 0. The van der Waals surface area contributed by atoms with E-state index in [1.807, 2.05) is 0 Å². The first-order valence-electron chi connectivity index (χ1n) is 3.80. The van der Waals surface area contributed by atoms with Gasteiger partial charge in [-0.15, -0.1) is 0 Å². The molecule has 0 aliphatic rings. The maximum atomic E-state index is 12.4. The molecule has 1 heterocycles. The topological polar surface area (TPSA) is 49.8 Å². The molecule has 0 unspecified atom stereocenters. The third kappa shape index (κ3) is 1.21. The Kier molecular flexibility index (Phi) is 1.89. The molecule has 3 nitrogen and oxygen atoms in total. The lowest BCUT2D eigenvalue weighted by molar-refractivity contribution is 0.152. The first-order chi connectivity index (χ1) is 6.72. The van der Waals surface area contributed by atoms with Gasteiger partial charge in [-0.2, -0.15) is 10.2 Å². The van der Waals surface area contributed by atoms with Gasteiger partial charge in [0.2, 0.25) is 0 Å². The van der Waals surface area contributed by atoms with Gasteiger partial charge < -0.3 is 4.42 Å². The van der Waals surface area contributed by atoms with Gasteiger partial charge in [0.15, 0.2) is 11.7 Å². The lowest BCUT2D eigenvalue weighted by Gasteiger charge is -1.97. The number of para-hydroxylation sites is 1. The second-order valence-electron chi connectivity index (χ2n) is 2.63. The van der Waals surface area contributed by atoms with Gasteiger partial charge in [0.25, 0.3) is 6.43 Å². The van der Waals surface area contributed by atoms with E-state index in [0.29, 0.717) is 0 Å². The molecule has 0 amide bonds. The molecule has 0 aliphatic carbocycles. The van der Waals surface area contributed by atoms with E-state index in [2.05, 4.69) is 4.98 Å². The number of halogens is 2. The minimum Gasteiger partial charge on any atom is -0.428 e. The molecule has 0 aliphatic heterocycles.